The van der Waals surface area contributed by atoms with Crippen LogP contribution in [-0.4, -0.2) is 15.6 Å². The summed E-state index contributed by atoms with van der Waals surface area (Å²) in [6.07, 6.45) is 0.531. The highest BCUT2D eigenvalue weighted by molar-refractivity contribution is 7.98. The van der Waals surface area contributed by atoms with Crippen LogP contribution in [0.3, 0.4) is 0 Å². The van der Waals surface area contributed by atoms with Gasteiger partial charge in [-0.1, -0.05) is 0 Å². The summed E-state index contributed by atoms with van der Waals surface area (Å²) in [6, 6.07) is 2.17. The molecule has 0 atom stereocenters. The second-order valence-corrected chi connectivity index (χ2v) is 3.77. The van der Waals surface area contributed by atoms with Crippen LogP contribution in [0.25, 0.3) is 5.65 Å². The number of halogens is 3. The van der Waals surface area contributed by atoms with Crippen LogP contribution in [0.2, 0.25) is 0 Å². The summed E-state index contributed by atoms with van der Waals surface area (Å²) >= 11 is 1.26. The molecule has 0 fully saturated rings. The number of nitrogens with zero attached hydrogens (tertiary/aromatic N) is 2. The quantitative estimate of drug-likeness (QED) is 0.703. The molecule has 2 aromatic heterocycles. The predicted octanol–water partition coefficient (Wildman–Crippen LogP) is 3.08. The van der Waals surface area contributed by atoms with E-state index in [0.717, 1.165) is 12.1 Å². The van der Waals surface area contributed by atoms with Crippen molar-refractivity contribution >= 4 is 17.4 Å². The second kappa shape index (κ2) is 3.44. The fourth-order valence-corrected chi connectivity index (χ4v) is 1.91. The lowest BCUT2D eigenvalue weighted by atomic mass is 10.2. The normalized spacial score (nSPS) is 12.3. The molecule has 0 saturated carbocycles. The highest BCUT2D eigenvalue weighted by Gasteiger charge is 2.31. The molecule has 2 aromatic rings. The number of fused-ring (bicyclic) bond motifs is 1. The SMILES string of the molecule is CSc1cc(C(F)(F)F)cc2nccn12. The Hall–Kier alpha value is -1.17. The van der Waals surface area contributed by atoms with Crippen LogP contribution in [-0.2, 0) is 6.18 Å². The van der Waals surface area contributed by atoms with Gasteiger partial charge in [-0.05, 0) is 18.4 Å². The van der Waals surface area contributed by atoms with Crippen molar-refractivity contribution in [2.75, 3.05) is 6.26 Å². The molecule has 80 valence electrons. The molecule has 0 aliphatic carbocycles. The molecule has 2 heterocycles. The summed E-state index contributed by atoms with van der Waals surface area (Å²) in [6.45, 7) is 0. The lowest BCUT2D eigenvalue weighted by molar-refractivity contribution is -0.137. The largest absolute Gasteiger partial charge is 0.416 e. The Morgan fingerprint density at radius 1 is 1.33 bits per heavy atom. The Bertz CT molecular complexity index is 490. The summed E-state index contributed by atoms with van der Waals surface area (Å²) in [4.78, 5) is 3.85. The average Bonchev–Trinajstić information content (AvgIpc) is 2.62. The number of thioether (sulfide) groups is 1. The fourth-order valence-electron chi connectivity index (χ4n) is 1.31. The summed E-state index contributed by atoms with van der Waals surface area (Å²) in [7, 11) is 0. The molecular formula is C9H7F3N2S. The van der Waals surface area contributed by atoms with Crippen molar-refractivity contribution in [2.24, 2.45) is 0 Å². The average molecular weight is 232 g/mol. The maximum atomic E-state index is 12.5. The van der Waals surface area contributed by atoms with Crippen molar-refractivity contribution < 1.29 is 13.2 Å². The molecule has 6 heteroatoms. The molecule has 0 amide bonds. The first-order chi connectivity index (χ1) is 7.02. The summed E-state index contributed by atoms with van der Waals surface area (Å²) in [5.41, 5.74) is -0.347. The van der Waals surface area contributed by atoms with E-state index in [0.29, 0.717) is 10.7 Å². The number of hydrogen-bond acceptors (Lipinski definition) is 2. The van der Waals surface area contributed by atoms with Gasteiger partial charge in [0.1, 0.15) is 5.65 Å². The van der Waals surface area contributed by atoms with Crippen LogP contribution >= 0.6 is 11.8 Å². The zero-order valence-corrected chi connectivity index (χ0v) is 8.56. The molecule has 0 aliphatic heterocycles. The minimum absolute atomic E-state index is 0.314. The van der Waals surface area contributed by atoms with Gasteiger partial charge in [0.05, 0.1) is 10.6 Å². The number of aromatic nitrogens is 2. The van der Waals surface area contributed by atoms with Crippen LogP contribution in [0.1, 0.15) is 5.56 Å². The van der Waals surface area contributed by atoms with Crippen LogP contribution in [0.5, 0.6) is 0 Å². The lowest BCUT2D eigenvalue weighted by Gasteiger charge is -2.09. The van der Waals surface area contributed by atoms with Crippen molar-refractivity contribution in [2.45, 2.75) is 11.2 Å². The highest BCUT2D eigenvalue weighted by Crippen LogP contribution is 2.32. The van der Waals surface area contributed by atoms with Gasteiger partial charge in [-0.2, -0.15) is 13.2 Å². The molecular weight excluding hydrogens is 225 g/mol. The number of imidazole rings is 1. The van der Waals surface area contributed by atoms with E-state index in [4.69, 9.17) is 0 Å². The number of alkyl halides is 3. The number of hydrogen-bond donors (Lipinski definition) is 0. The molecule has 2 nitrogen and oxygen atoms in total. The van der Waals surface area contributed by atoms with E-state index in [-0.39, 0.29) is 0 Å². The second-order valence-electron chi connectivity index (χ2n) is 2.94. The fraction of sp³-hybridized carbons (Fsp3) is 0.222. The van der Waals surface area contributed by atoms with Gasteiger partial charge in [0.25, 0.3) is 0 Å². The van der Waals surface area contributed by atoms with Gasteiger partial charge >= 0.3 is 6.18 Å². The molecule has 0 aliphatic rings. The van der Waals surface area contributed by atoms with Crippen molar-refractivity contribution in [1.29, 1.82) is 0 Å². The van der Waals surface area contributed by atoms with Crippen LogP contribution in [0, 0.1) is 0 Å². The van der Waals surface area contributed by atoms with Crippen LogP contribution in [0.4, 0.5) is 13.2 Å². The molecule has 0 N–H and O–H groups in total. The third-order valence-corrected chi connectivity index (χ3v) is 2.74. The summed E-state index contributed by atoms with van der Waals surface area (Å²) in [5.74, 6) is 0. The molecule has 0 bridgehead atoms. The van der Waals surface area contributed by atoms with E-state index in [2.05, 4.69) is 4.98 Å². The molecule has 2 rings (SSSR count). The first-order valence-corrected chi connectivity index (χ1v) is 5.33. The number of rotatable bonds is 1. The third kappa shape index (κ3) is 1.81. The molecule has 0 radical (unpaired) electrons. The van der Waals surface area contributed by atoms with E-state index in [1.807, 2.05) is 0 Å². The standard InChI is InChI=1S/C9H7F3N2S/c1-15-8-5-6(9(10,11)12)4-7-13-2-3-14(7)8/h2-5H,1H3. The van der Waals surface area contributed by atoms with Crippen molar-refractivity contribution in [3.05, 3.63) is 30.1 Å². The lowest BCUT2D eigenvalue weighted by Crippen LogP contribution is -2.06. The van der Waals surface area contributed by atoms with E-state index in [9.17, 15) is 13.2 Å². The van der Waals surface area contributed by atoms with E-state index >= 15 is 0 Å². The Balaban J connectivity index is 2.69. The van der Waals surface area contributed by atoms with E-state index in [1.165, 1.54) is 18.0 Å². The van der Waals surface area contributed by atoms with Crippen molar-refractivity contribution in [3.8, 4) is 0 Å². The maximum Gasteiger partial charge on any atom is 0.416 e. The smallest absolute Gasteiger partial charge is 0.294 e. The van der Waals surface area contributed by atoms with Gasteiger partial charge in [-0.3, -0.25) is 4.40 Å². The molecule has 0 unspecified atom stereocenters. The minimum Gasteiger partial charge on any atom is -0.294 e. The zero-order chi connectivity index (χ0) is 11.1. The Morgan fingerprint density at radius 2 is 2.07 bits per heavy atom. The summed E-state index contributed by atoms with van der Waals surface area (Å²) in [5, 5.41) is 0.525. The molecule has 0 saturated heterocycles. The maximum absolute atomic E-state index is 12.5. The van der Waals surface area contributed by atoms with Gasteiger partial charge in [0.15, 0.2) is 0 Å². The van der Waals surface area contributed by atoms with Crippen molar-refractivity contribution in [1.82, 2.24) is 9.38 Å². The van der Waals surface area contributed by atoms with Gasteiger partial charge in [0.2, 0.25) is 0 Å². The third-order valence-electron chi connectivity index (χ3n) is 2.01. The molecule has 15 heavy (non-hydrogen) atoms. The van der Waals surface area contributed by atoms with Crippen molar-refractivity contribution in [3.63, 3.8) is 0 Å². The van der Waals surface area contributed by atoms with Gasteiger partial charge < -0.3 is 0 Å². The van der Waals surface area contributed by atoms with Gasteiger partial charge in [0, 0.05) is 12.4 Å². The monoisotopic (exact) mass is 232 g/mol. The molecule has 0 aromatic carbocycles. The Labute approximate surface area is 88.1 Å². The zero-order valence-electron chi connectivity index (χ0n) is 7.75. The highest BCUT2D eigenvalue weighted by atomic mass is 32.2. The first kappa shape index (κ1) is 10.4. The molecule has 0 spiro atoms. The Kier molecular flexibility index (Phi) is 2.38. The topological polar surface area (TPSA) is 17.3 Å². The van der Waals surface area contributed by atoms with E-state index in [1.54, 1.807) is 16.9 Å². The number of pyridine rings is 1. The Morgan fingerprint density at radius 3 is 2.67 bits per heavy atom. The first-order valence-electron chi connectivity index (χ1n) is 4.10. The van der Waals surface area contributed by atoms with Crippen LogP contribution in [0.15, 0.2) is 29.6 Å². The van der Waals surface area contributed by atoms with Gasteiger partial charge in [-0.25, -0.2) is 4.98 Å². The summed E-state index contributed by atoms with van der Waals surface area (Å²) < 4.78 is 39.1. The predicted molar refractivity (Wildman–Crippen MR) is 52.0 cm³/mol. The minimum atomic E-state index is -4.32. The van der Waals surface area contributed by atoms with E-state index < -0.39 is 11.7 Å². The van der Waals surface area contributed by atoms with Gasteiger partial charge in [-0.15, -0.1) is 11.8 Å². The van der Waals surface area contributed by atoms with Crippen LogP contribution < -0.4 is 0 Å².